The highest BCUT2D eigenvalue weighted by Gasteiger charge is 2.37. The number of benzene rings is 2. The van der Waals surface area contributed by atoms with Crippen molar-refractivity contribution in [1.29, 1.82) is 5.26 Å². The second-order valence-corrected chi connectivity index (χ2v) is 6.56. The molecule has 0 atom stereocenters. The number of hydrogen-bond donors (Lipinski definition) is 1. The molecule has 0 spiro atoms. The smallest absolute Gasteiger partial charge is 0.324 e. The minimum absolute atomic E-state index is 0.0926. The second-order valence-electron chi connectivity index (χ2n) is 6.56. The molecule has 27 heavy (non-hydrogen) atoms. The van der Waals surface area contributed by atoms with E-state index < -0.39 is 23.2 Å². The van der Waals surface area contributed by atoms with E-state index in [9.17, 15) is 23.2 Å². The van der Waals surface area contributed by atoms with Gasteiger partial charge in [-0.1, -0.05) is 36.4 Å². The number of hydrogen-bond acceptors (Lipinski definition) is 2. The van der Waals surface area contributed by atoms with Crippen LogP contribution >= 0.6 is 0 Å². The topological polar surface area (TPSA) is 56.1 Å². The van der Waals surface area contributed by atoms with E-state index in [0.717, 1.165) is 17.7 Å². The molecule has 1 saturated heterocycles. The van der Waals surface area contributed by atoms with Crippen LogP contribution in [0.5, 0.6) is 0 Å². The Hall–Kier alpha value is -3.01. The van der Waals surface area contributed by atoms with Gasteiger partial charge in [0.1, 0.15) is 0 Å². The van der Waals surface area contributed by atoms with Gasteiger partial charge in [-0.05, 0) is 36.6 Å². The first-order valence-corrected chi connectivity index (χ1v) is 8.54. The second kappa shape index (κ2) is 7.31. The third kappa shape index (κ3) is 4.05. The van der Waals surface area contributed by atoms with Crippen molar-refractivity contribution in [2.24, 2.45) is 0 Å². The molecule has 140 valence electrons. The Bertz CT molecular complexity index is 851. The van der Waals surface area contributed by atoms with Crippen molar-refractivity contribution >= 4 is 11.7 Å². The van der Waals surface area contributed by atoms with E-state index >= 15 is 0 Å². The van der Waals surface area contributed by atoms with Gasteiger partial charge < -0.3 is 10.2 Å². The third-order valence-corrected chi connectivity index (χ3v) is 4.89. The Morgan fingerprint density at radius 1 is 1.07 bits per heavy atom. The lowest BCUT2D eigenvalue weighted by Gasteiger charge is -2.37. The number of urea groups is 1. The summed E-state index contributed by atoms with van der Waals surface area (Å²) < 4.78 is 38.4. The number of carbonyl (C=O) groups excluding carboxylic acids is 1. The zero-order valence-electron chi connectivity index (χ0n) is 14.5. The number of piperidine rings is 1. The summed E-state index contributed by atoms with van der Waals surface area (Å²) in [5.74, 6) is 0. The highest BCUT2D eigenvalue weighted by atomic mass is 19.4. The van der Waals surface area contributed by atoms with Crippen molar-refractivity contribution in [3.63, 3.8) is 0 Å². The standard InChI is InChI=1S/C20H18F3N3O/c21-20(22,23)16-7-4-8-17(13-16)25-18(27)26-11-9-19(14-24,10-12-26)15-5-2-1-3-6-15/h1-8,13H,9-12H2,(H,25,27). The summed E-state index contributed by atoms with van der Waals surface area (Å²) in [6, 6.07) is 15.9. The maximum Gasteiger partial charge on any atom is 0.416 e. The molecular weight excluding hydrogens is 355 g/mol. The number of nitrogens with one attached hydrogen (secondary N) is 1. The van der Waals surface area contributed by atoms with Crippen LogP contribution in [0, 0.1) is 11.3 Å². The van der Waals surface area contributed by atoms with Crippen LogP contribution in [0.25, 0.3) is 0 Å². The van der Waals surface area contributed by atoms with Gasteiger partial charge >= 0.3 is 12.2 Å². The quantitative estimate of drug-likeness (QED) is 0.822. The predicted molar refractivity (Wildman–Crippen MR) is 95.0 cm³/mol. The molecule has 1 heterocycles. The average molecular weight is 373 g/mol. The average Bonchev–Trinajstić information content (AvgIpc) is 2.68. The van der Waals surface area contributed by atoms with E-state index in [4.69, 9.17) is 0 Å². The Balaban J connectivity index is 1.66. The fourth-order valence-electron chi connectivity index (χ4n) is 3.29. The molecule has 0 saturated carbocycles. The van der Waals surface area contributed by atoms with Gasteiger partial charge in [-0.15, -0.1) is 0 Å². The Morgan fingerprint density at radius 3 is 2.33 bits per heavy atom. The van der Waals surface area contributed by atoms with Gasteiger partial charge in [0.15, 0.2) is 0 Å². The lowest BCUT2D eigenvalue weighted by atomic mass is 9.74. The van der Waals surface area contributed by atoms with Gasteiger partial charge in [0.05, 0.1) is 17.0 Å². The zero-order chi connectivity index (χ0) is 19.5. The van der Waals surface area contributed by atoms with Crippen molar-refractivity contribution < 1.29 is 18.0 Å². The van der Waals surface area contributed by atoms with Crippen LogP contribution in [0.4, 0.5) is 23.7 Å². The molecule has 0 bridgehead atoms. The van der Waals surface area contributed by atoms with Crippen LogP contribution in [0.15, 0.2) is 54.6 Å². The van der Waals surface area contributed by atoms with Gasteiger partial charge in [0.25, 0.3) is 0 Å². The molecule has 1 aliphatic heterocycles. The fraction of sp³-hybridized carbons (Fsp3) is 0.300. The normalized spacial score (nSPS) is 16.4. The summed E-state index contributed by atoms with van der Waals surface area (Å²) in [5.41, 5.74) is -0.444. The molecule has 0 unspecified atom stereocenters. The van der Waals surface area contributed by atoms with E-state index in [1.54, 1.807) is 0 Å². The van der Waals surface area contributed by atoms with E-state index in [1.807, 2.05) is 30.3 Å². The minimum atomic E-state index is -4.46. The molecule has 3 rings (SSSR count). The van der Waals surface area contributed by atoms with Gasteiger partial charge in [-0.3, -0.25) is 0 Å². The summed E-state index contributed by atoms with van der Waals surface area (Å²) in [6.07, 6.45) is -3.51. The lowest BCUT2D eigenvalue weighted by molar-refractivity contribution is -0.137. The van der Waals surface area contributed by atoms with Crippen LogP contribution in [0.1, 0.15) is 24.0 Å². The summed E-state index contributed by atoms with van der Waals surface area (Å²) in [5, 5.41) is 12.2. The molecule has 1 N–H and O–H groups in total. The number of nitrogens with zero attached hydrogens (tertiary/aromatic N) is 2. The first-order valence-electron chi connectivity index (χ1n) is 8.54. The van der Waals surface area contributed by atoms with Crippen LogP contribution in [-0.4, -0.2) is 24.0 Å². The number of amides is 2. The van der Waals surface area contributed by atoms with Crippen molar-refractivity contribution in [2.45, 2.75) is 24.4 Å². The van der Waals surface area contributed by atoms with Gasteiger partial charge in [0, 0.05) is 18.8 Å². The summed E-state index contributed by atoms with van der Waals surface area (Å²) in [7, 11) is 0. The first-order chi connectivity index (χ1) is 12.8. The highest BCUT2D eigenvalue weighted by Crippen LogP contribution is 2.35. The first kappa shape index (κ1) is 18.8. The summed E-state index contributed by atoms with van der Waals surface area (Å²) >= 11 is 0. The molecule has 7 heteroatoms. The molecule has 0 aliphatic carbocycles. The Kier molecular flexibility index (Phi) is 5.08. The van der Waals surface area contributed by atoms with E-state index in [1.165, 1.54) is 17.0 Å². The number of rotatable bonds is 2. The largest absolute Gasteiger partial charge is 0.416 e. The maximum absolute atomic E-state index is 12.8. The molecular formula is C20H18F3N3O. The van der Waals surface area contributed by atoms with Crippen LogP contribution < -0.4 is 5.32 Å². The monoisotopic (exact) mass is 373 g/mol. The molecule has 2 aromatic rings. The molecule has 4 nitrogen and oxygen atoms in total. The lowest BCUT2D eigenvalue weighted by Crippen LogP contribution is -2.46. The molecule has 0 aromatic heterocycles. The third-order valence-electron chi connectivity index (χ3n) is 4.89. The van der Waals surface area contributed by atoms with E-state index in [0.29, 0.717) is 25.9 Å². The highest BCUT2D eigenvalue weighted by molar-refractivity contribution is 5.89. The zero-order valence-corrected chi connectivity index (χ0v) is 14.5. The van der Waals surface area contributed by atoms with Gasteiger partial charge in [-0.25, -0.2) is 4.79 Å². The van der Waals surface area contributed by atoms with E-state index in [-0.39, 0.29) is 5.69 Å². The van der Waals surface area contributed by atoms with Crippen LogP contribution in [0.3, 0.4) is 0 Å². The molecule has 2 amide bonds. The summed E-state index contributed by atoms with van der Waals surface area (Å²) in [4.78, 5) is 13.9. The number of halogens is 3. The summed E-state index contributed by atoms with van der Waals surface area (Å²) in [6.45, 7) is 0.709. The van der Waals surface area contributed by atoms with Crippen LogP contribution in [-0.2, 0) is 11.6 Å². The molecule has 2 aromatic carbocycles. The number of alkyl halides is 3. The minimum Gasteiger partial charge on any atom is -0.324 e. The Labute approximate surface area is 155 Å². The number of carbonyl (C=O) groups is 1. The number of nitriles is 1. The maximum atomic E-state index is 12.8. The van der Waals surface area contributed by atoms with Gasteiger partial charge in [-0.2, -0.15) is 18.4 Å². The van der Waals surface area contributed by atoms with E-state index in [2.05, 4.69) is 11.4 Å². The number of anilines is 1. The van der Waals surface area contributed by atoms with Crippen molar-refractivity contribution in [3.05, 3.63) is 65.7 Å². The molecule has 1 aliphatic rings. The molecule has 1 fully saturated rings. The van der Waals surface area contributed by atoms with Crippen LogP contribution in [0.2, 0.25) is 0 Å². The van der Waals surface area contributed by atoms with Crippen molar-refractivity contribution in [2.75, 3.05) is 18.4 Å². The Morgan fingerprint density at radius 2 is 1.74 bits per heavy atom. The van der Waals surface area contributed by atoms with Crippen molar-refractivity contribution in [3.8, 4) is 6.07 Å². The fourth-order valence-corrected chi connectivity index (χ4v) is 3.29. The predicted octanol–water partition coefficient (Wildman–Crippen LogP) is 4.79. The number of likely N-dealkylation sites (tertiary alicyclic amines) is 1. The SMILES string of the molecule is N#CC1(c2ccccc2)CCN(C(=O)Nc2cccc(C(F)(F)F)c2)CC1. The van der Waals surface area contributed by atoms with Gasteiger partial charge in [0.2, 0.25) is 0 Å². The van der Waals surface area contributed by atoms with Crippen molar-refractivity contribution in [1.82, 2.24) is 4.90 Å². The molecule has 0 radical (unpaired) electrons.